The Morgan fingerprint density at radius 2 is 1.49 bits per heavy atom. The van der Waals surface area contributed by atoms with Crippen LogP contribution in [0.15, 0.2) is 77.7 Å². The van der Waals surface area contributed by atoms with E-state index in [-0.39, 0.29) is 11.3 Å². The van der Waals surface area contributed by atoms with Gasteiger partial charge in [0, 0.05) is 5.69 Å². The molecule has 4 aromatic carbocycles. The lowest BCUT2D eigenvalue weighted by molar-refractivity contribution is -0.138. The predicted octanol–water partition coefficient (Wildman–Crippen LogP) is 6.39. The molecule has 0 aliphatic rings. The Bertz CT molecular complexity index is 1970. The van der Waals surface area contributed by atoms with E-state index in [2.05, 4.69) is 25.3 Å². The van der Waals surface area contributed by atoms with Crippen LogP contribution in [0.5, 0.6) is 0 Å². The Balaban J connectivity index is 1.26. The number of rotatable bonds is 9. The van der Waals surface area contributed by atoms with Gasteiger partial charge in [-0.05, 0) is 104 Å². The van der Waals surface area contributed by atoms with Gasteiger partial charge >= 0.3 is 12.0 Å². The lowest BCUT2D eigenvalue weighted by atomic mass is 10.0. The normalized spacial score (nSPS) is 12.2. The van der Waals surface area contributed by atoms with E-state index in [0.29, 0.717) is 28.3 Å². The summed E-state index contributed by atoms with van der Waals surface area (Å²) in [7, 11) is -4.08. The zero-order valence-electron chi connectivity index (χ0n) is 25.6. The molecule has 0 aliphatic heterocycles. The first kappa shape index (κ1) is 31.4. The molecule has 11 heteroatoms. The highest BCUT2D eigenvalue weighted by atomic mass is 32.2. The average molecular weight is 626 g/mol. The number of nitrogens with one attached hydrogen (secondary N) is 4. The number of carboxylic acid groups (broad SMARTS) is 1. The fraction of sp³-hybridized carbons (Fsp3) is 0.206. The number of sulfonamides is 1. The van der Waals surface area contributed by atoms with Crippen molar-refractivity contribution in [1.82, 2.24) is 14.7 Å². The first-order valence-corrected chi connectivity index (χ1v) is 15.8. The highest BCUT2D eigenvalue weighted by molar-refractivity contribution is 7.89. The molecule has 5 aromatic rings. The minimum Gasteiger partial charge on any atom is -0.480 e. The highest BCUT2D eigenvalue weighted by Gasteiger charge is 2.28. The second kappa shape index (κ2) is 12.5. The number of aromatic amines is 1. The summed E-state index contributed by atoms with van der Waals surface area (Å²) in [4.78, 5) is 32.4. The molecule has 1 aromatic heterocycles. The summed E-state index contributed by atoms with van der Waals surface area (Å²) >= 11 is 0. The van der Waals surface area contributed by atoms with Crippen LogP contribution < -0.4 is 15.4 Å². The molecule has 0 spiro atoms. The molecule has 0 radical (unpaired) electrons. The van der Waals surface area contributed by atoms with Gasteiger partial charge in [-0.3, -0.25) is 10.1 Å². The lowest BCUT2D eigenvalue weighted by Gasteiger charge is -2.18. The fourth-order valence-corrected chi connectivity index (χ4v) is 7.10. The zero-order valence-corrected chi connectivity index (χ0v) is 26.5. The standard InChI is InChI=1S/C34H35N5O5S/c1-19-13-22(4)31(23(5)14-19)45(43,44)39-30(32(40)41)17-24-9-11-25(12-10-24)26-7-6-8-27(18-26)35-34(42)38-33-36-28-15-20(2)21(3)16-29(28)37-33/h6-16,18,30,39H,17H2,1-5H3,(H,40,41)(H3,35,36,37,38,42)/t30-/m0/s1. The molecule has 1 heterocycles. The Morgan fingerprint density at radius 1 is 0.822 bits per heavy atom. The van der Waals surface area contributed by atoms with Crippen LogP contribution in [0.25, 0.3) is 22.2 Å². The van der Waals surface area contributed by atoms with Gasteiger partial charge < -0.3 is 15.4 Å². The smallest absolute Gasteiger partial charge is 0.326 e. The van der Waals surface area contributed by atoms with Crippen LogP contribution in [0.3, 0.4) is 0 Å². The number of aromatic nitrogens is 2. The van der Waals surface area contributed by atoms with Crippen molar-refractivity contribution in [2.45, 2.75) is 52.0 Å². The number of H-pyrrole nitrogens is 1. The summed E-state index contributed by atoms with van der Waals surface area (Å²) in [6.45, 7) is 9.30. The fourth-order valence-electron chi connectivity index (χ4n) is 5.46. The monoisotopic (exact) mass is 625 g/mol. The molecule has 5 rings (SSSR count). The maximum atomic E-state index is 13.2. The number of amides is 2. The van der Waals surface area contributed by atoms with E-state index in [4.69, 9.17) is 0 Å². The number of aryl methyl sites for hydroxylation is 5. The molecule has 0 aliphatic carbocycles. The molecule has 2 amide bonds. The van der Waals surface area contributed by atoms with Crippen molar-refractivity contribution in [3.8, 4) is 11.1 Å². The van der Waals surface area contributed by atoms with Crippen molar-refractivity contribution >= 4 is 44.7 Å². The number of fused-ring (bicyclic) bond motifs is 1. The molecule has 45 heavy (non-hydrogen) atoms. The molecule has 0 fully saturated rings. The predicted molar refractivity (Wildman–Crippen MR) is 176 cm³/mol. The van der Waals surface area contributed by atoms with Crippen molar-refractivity contribution in [3.05, 3.63) is 106 Å². The zero-order chi connectivity index (χ0) is 32.5. The maximum Gasteiger partial charge on any atom is 0.326 e. The number of benzene rings is 4. The first-order chi connectivity index (χ1) is 21.3. The quantitative estimate of drug-likeness (QED) is 0.128. The highest BCUT2D eigenvalue weighted by Crippen LogP contribution is 2.25. The summed E-state index contributed by atoms with van der Waals surface area (Å²) < 4.78 is 28.8. The second-order valence-corrected chi connectivity index (χ2v) is 13.0. The topological polar surface area (TPSA) is 153 Å². The molecule has 5 N–H and O–H groups in total. The van der Waals surface area contributed by atoms with Crippen LogP contribution in [0, 0.1) is 34.6 Å². The van der Waals surface area contributed by atoms with Crippen molar-refractivity contribution in [2.75, 3.05) is 10.6 Å². The van der Waals surface area contributed by atoms with Crippen LogP contribution in [-0.2, 0) is 21.2 Å². The van der Waals surface area contributed by atoms with Crippen molar-refractivity contribution in [1.29, 1.82) is 0 Å². The third-order valence-electron chi connectivity index (χ3n) is 7.65. The molecular formula is C34H35N5O5S. The minimum absolute atomic E-state index is 0.0402. The average Bonchev–Trinajstić information content (AvgIpc) is 3.32. The van der Waals surface area contributed by atoms with Gasteiger partial charge in [-0.1, -0.05) is 54.1 Å². The molecule has 0 saturated carbocycles. The summed E-state index contributed by atoms with van der Waals surface area (Å²) in [5.41, 5.74) is 8.77. The van der Waals surface area contributed by atoms with Gasteiger partial charge in [0.1, 0.15) is 6.04 Å². The van der Waals surface area contributed by atoms with Crippen LogP contribution in [0.2, 0.25) is 0 Å². The summed E-state index contributed by atoms with van der Waals surface area (Å²) in [6.07, 6.45) is -0.0402. The van der Waals surface area contributed by atoms with Gasteiger partial charge in [-0.25, -0.2) is 18.2 Å². The first-order valence-electron chi connectivity index (χ1n) is 14.4. The largest absolute Gasteiger partial charge is 0.480 e. The summed E-state index contributed by atoms with van der Waals surface area (Å²) in [5.74, 6) is -0.930. The Hall–Kier alpha value is -5.00. The van der Waals surface area contributed by atoms with Gasteiger partial charge in [-0.2, -0.15) is 4.72 Å². The van der Waals surface area contributed by atoms with Gasteiger partial charge in [0.2, 0.25) is 16.0 Å². The molecular weight excluding hydrogens is 590 g/mol. The van der Waals surface area contributed by atoms with Crippen molar-refractivity contribution in [2.24, 2.45) is 0 Å². The number of urea groups is 1. The van der Waals surface area contributed by atoms with Crippen LogP contribution in [0.1, 0.15) is 33.4 Å². The SMILES string of the molecule is Cc1cc(C)c(S(=O)(=O)N[C@@H](Cc2ccc(-c3cccc(NC(=O)Nc4nc5cc(C)c(C)cc5[nH]4)c3)cc2)C(=O)O)c(C)c1. The van der Waals surface area contributed by atoms with E-state index < -0.39 is 28.1 Å². The maximum absolute atomic E-state index is 13.2. The Labute approximate surface area is 262 Å². The molecule has 0 bridgehead atoms. The van der Waals surface area contributed by atoms with Gasteiger partial charge in [0.05, 0.1) is 15.9 Å². The van der Waals surface area contributed by atoms with Gasteiger partial charge in [-0.15, -0.1) is 0 Å². The van der Waals surface area contributed by atoms with Crippen LogP contribution in [0.4, 0.5) is 16.4 Å². The number of hydrogen-bond donors (Lipinski definition) is 5. The van der Waals surface area contributed by atoms with E-state index in [9.17, 15) is 23.1 Å². The minimum atomic E-state index is -4.08. The van der Waals surface area contributed by atoms with E-state index in [1.54, 1.807) is 44.2 Å². The number of hydrogen-bond acceptors (Lipinski definition) is 5. The number of carboxylic acids is 1. The number of nitrogens with zero attached hydrogens (tertiary/aromatic N) is 1. The molecule has 0 unspecified atom stereocenters. The summed E-state index contributed by atoms with van der Waals surface area (Å²) in [5, 5.41) is 15.4. The van der Waals surface area contributed by atoms with Crippen LogP contribution >= 0.6 is 0 Å². The number of carbonyl (C=O) groups is 2. The number of carbonyl (C=O) groups excluding carboxylic acids is 1. The van der Waals surface area contributed by atoms with Crippen LogP contribution in [-0.4, -0.2) is 41.5 Å². The lowest BCUT2D eigenvalue weighted by Crippen LogP contribution is -2.42. The second-order valence-electron chi connectivity index (χ2n) is 11.3. The van der Waals surface area contributed by atoms with E-state index in [0.717, 1.165) is 38.9 Å². The third kappa shape index (κ3) is 7.22. The Kier molecular flexibility index (Phi) is 8.76. The van der Waals surface area contributed by atoms with Gasteiger partial charge in [0.25, 0.3) is 0 Å². The molecule has 1 atom stereocenters. The summed E-state index contributed by atoms with van der Waals surface area (Å²) in [6, 6.07) is 20.1. The van der Waals surface area contributed by atoms with E-state index in [1.807, 2.05) is 63.2 Å². The van der Waals surface area contributed by atoms with Crippen molar-refractivity contribution in [3.63, 3.8) is 0 Å². The van der Waals surface area contributed by atoms with E-state index in [1.165, 1.54) is 0 Å². The molecule has 232 valence electrons. The Morgan fingerprint density at radius 3 is 2.16 bits per heavy atom. The number of aliphatic carboxylic acids is 1. The number of anilines is 2. The van der Waals surface area contributed by atoms with Gasteiger partial charge in [0.15, 0.2) is 0 Å². The van der Waals surface area contributed by atoms with Crippen molar-refractivity contribution < 1.29 is 23.1 Å². The molecule has 10 nitrogen and oxygen atoms in total. The number of imidazole rings is 1. The third-order valence-corrected chi connectivity index (χ3v) is 9.42. The molecule has 0 saturated heterocycles. The van der Waals surface area contributed by atoms with E-state index >= 15 is 0 Å².